The second kappa shape index (κ2) is 10.7. The van der Waals surface area contributed by atoms with Gasteiger partial charge < -0.3 is 5.32 Å². The molecule has 1 aromatic heterocycles. The summed E-state index contributed by atoms with van der Waals surface area (Å²) >= 11 is 9.12. The number of thioether (sulfide) groups is 2. The number of nitrogens with zero attached hydrogens (tertiary/aromatic N) is 3. The molecular formula is C24H21ClN4OS2. The van der Waals surface area contributed by atoms with Crippen LogP contribution in [0.25, 0.3) is 5.69 Å². The minimum absolute atomic E-state index is 0.122. The summed E-state index contributed by atoms with van der Waals surface area (Å²) in [5.74, 6) is 1.59. The monoisotopic (exact) mass is 480 g/mol. The highest BCUT2D eigenvalue weighted by atomic mass is 35.5. The van der Waals surface area contributed by atoms with E-state index in [1.807, 2.05) is 66.1 Å². The lowest BCUT2D eigenvalue weighted by atomic mass is 10.2. The van der Waals surface area contributed by atoms with Crippen molar-refractivity contribution in [2.75, 3.05) is 11.1 Å². The van der Waals surface area contributed by atoms with Crippen molar-refractivity contribution in [3.8, 4) is 5.69 Å². The molecule has 1 N–H and O–H groups in total. The fourth-order valence-electron chi connectivity index (χ4n) is 3.03. The Bertz CT molecular complexity index is 1200. The molecule has 0 saturated heterocycles. The molecule has 0 bridgehead atoms. The quantitative estimate of drug-likeness (QED) is 0.302. The van der Waals surface area contributed by atoms with Gasteiger partial charge >= 0.3 is 0 Å². The molecular weight excluding hydrogens is 460 g/mol. The molecule has 162 valence electrons. The number of aromatic nitrogens is 3. The minimum atomic E-state index is -0.122. The van der Waals surface area contributed by atoms with Crippen molar-refractivity contribution in [3.05, 3.63) is 95.3 Å². The van der Waals surface area contributed by atoms with Crippen molar-refractivity contribution in [2.45, 2.75) is 22.7 Å². The summed E-state index contributed by atoms with van der Waals surface area (Å²) in [4.78, 5) is 13.7. The van der Waals surface area contributed by atoms with E-state index in [2.05, 4.69) is 27.6 Å². The molecule has 0 fully saturated rings. The van der Waals surface area contributed by atoms with Crippen LogP contribution in [-0.2, 0) is 10.5 Å². The Hall–Kier alpha value is -2.74. The van der Waals surface area contributed by atoms with Crippen molar-refractivity contribution in [1.82, 2.24) is 14.8 Å². The zero-order chi connectivity index (χ0) is 22.3. The van der Waals surface area contributed by atoms with E-state index in [4.69, 9.17) is 11.6 Å². The van der Waals surface area contributed by atoms with Gasteiger partial charge in [-0.1, -0.05) is 65.8 Å². The van der Waals surface area contributed by atoms with Gasteiger partial charge in [-0.05, 0) is 48.9 Å². The zero-order valence-electron chi connectivity index (χ0n) is 17.4. The second-order valence-corrected chi connectivity index (χ2v) is 9.40. The molecule has 32 heavy (non-hydrogen) atoms. The second-order valence-electron chi connectivity index (χ2n) is 6.97. The third-order valence-corrected chi connectivity index (χ3v) is 6.80. The van der Waals surface area contributed by atoms with Crippen LogP contribution >= 0.6 is 35.1 Å². The smallest absolute Gasteiger partial charge is 0.234 e. The van der Waals surface area contributed by atoms with Gasteiger partial charge in [0.1, 0.15) is 5.82 Å². The Balaban J connectivity index is 1.49. The van der Waals surface area contributed by atoms with Crippen molar-refractivity contribution >= 4 is 46.7 Å². The lowest BCUT2D eigenvalue weighted by Gasteiger charge is -2.11. The molecule has 1 heterocycles. The number of carbonyl (C=O) groups is 1. The highest BCUT2D eigenvalue weighted by Gasteiger charge is 2.16. The average Bonchev–Trinajstić information content (AvgIpc) is 3.23. The van der Waals surface area contributed by atoms with Crippen LogP contribution < -0.4 is 5.32 Å². The standard InChI is InChI=1S/C24H21ClN4OS2/c1-17-12-13-18(25)14-21(17)26-23(30)16-32-24-28-27-22(15-31-20-10-6-3-7-11-20)29(24)19-8-4-2-5-9-19/h2-14H,15-16H2,1H3,(H,26,30). The van der Waals surface area contributed by atoms with Gasteiger partial charge in [-0.25, -0.2) is 0 Å². The summed E-state index contributed by atoms with van der Waals surface area (Å²) in [7, 11) is 0. The number of rotatable bonds is 8. The molecule has 0 aliphatic rings. The number of benzene rings is 3. The zero-order valence-corrected chi connectivity index (χ0v) is 19.8. The van der Waals surface area contributed by atoms with E-state index in [9.17, 15) is 4.79 Å². The van der Waals surface area contributed by atoms with Crippen molar-refractivity contribution in [1.29, 1.82) is 0 Å². The topological polar surface area (TPSA) is 59.8 Å². The number of anilines is 1. The summed E-state index contributed by atoms with van der Waals surface area (Å²) in [6.45, 7) is 1.93. The van der Waals surface area contributed by atoms with Gasteiger partial charge in [0, 0.05) is 21.3 Å². The van der Waals surface area contributed by atoms with Crippen molar-refractivity contribution < 1.29 is 4.79 Å². The minimum Gasteiger partial charge on any atom is -0.325 e. The van der Waals surface area contributed by atoms with Crippen LogP contribution in [0.1, 0.15) is 11.4 Å². The fourth-order valence-corrected chi connectivity index (χ4v) is 4.81. The number of hydrogen-bond donors (Lipinski definition) is 1. The number of hydrogen-bond acceptors (Lipinski definition) is 5. The van der Waals surface area contributed by atoms with Crippen LogP contribution in [0.4, 0.5) is 5.69 Å². The van der Waals surface area contributed by atoms with Crippen LogP contribution in [-0.4, -0.2) is 26.4 Å². The van der Waals surface area contributed by atoms with E-state index < -0.39 is 0 Å². The van der Waals surface area contributed by atoms with E-state index >= 15 is 0 Å². The average molecular weight is 481 g/mol. The molecule has 0 radical (unpaired) electrons. The van der Waals surface area contributed by atoms with E-state index in [1.165, 1.54) is 16.7 Å². The SMILES string of the molecule is Cc1ccc(Cl)cc1NC(=O)CSc1nnc(CSc2ccccc2)n1-c1ccccc1. The summed E-state index contributed by atoms with van der Waals surface area (Å²) in [5, 5.41) is 13.0. The molecule has 4 rings (SSSR count). The fraction of sp³-hybridized carbons (Fsp3) is 0.125. The predicted octanol–water partition coefficient (Wildman–Crippen LogP) is 6.25. The lowest BCUT2D eigenvalue weighted by Crippen LogP contribution is -2.15. The van der Waals surface area contributed by atoms with E-state index in [0.717, 1.165) is 17.1 Å². The van der Waals surface area contributed by atoms with E-state index in [0.29, 0.717) is 21.6 Å². The molecule has 4 aromatic rings. The van der Waals surface area contributed by atoms with Crippen molar-refractivity contribution in [2.24, 2.45) is 0 Å². The molecule has 3 aromatic carbocycles. The Morgan fingerprint density at radius 1 is 0.969 bits per heavy atom. The largest absolute Gasteiger partial charge is 0.325 e. The predicted molar refractivity (Wildman–Crippen MR) is 133 cm³/mol. The Morgan fingerprint density at radius 2 is 1.69 bits per heavy atom. The van der Waals surface area contributed by atoms with Gasteiger partial charge in [0.05, 0.1) is 11.5 Å². The Kier molecular flexibility index (Phi) is 7.52. The lowest BCUT2D eigenvalue weighted by molar-refractivity contribution is -0.113. The molecule has 0 aliphatic carbocycles. The molecule has 0 aliphatic heterocycles. The van der Waals surface area contributed by atoms with Crippen LogP contribution in [0.3, 0.4) is 0 Å². The first-order chi connectivity index (χ1) is 15.6. The molecule has 0 spiro atoms. The number of carbonyl (C=O) groups excluding carboxylic acids is 1. The summed E-state index contributed by atoms with van der Waals surface area (Å²) in [5.41, 5.74) is 2.64. The van der Waals surface area contributed by atoms with Gasteiger partial charge in [-0.15, -0.1) is 22.0 Å². The molecule has 0 atom stereocenters. The van der Waals surface area contributed by atoms with Crippen LogP contribution in [0.5, 0.6) is 0 Å². The first kappa shape index (κ1) is 22.5. The van der Waals surface area contributed by atoms with Gasteiger partial charge in [0.25, 0.3) is 0 Å². The number of aryl methyl sites for hydroxylation is 1. The Morgan fingerprint density at radius 3 is 2.44 bits per heavy atom. The van der Waals surface area contributed by atoms with E-state index in [1.54, 1.807) is 23.9 Å². The molecule has 5 nitrogen and oxygen atoms in total. The number of halogens is 1. The van der Waals surface area contributed by atoms with E-state index in [-0.39, 0.29) is 11.7 Å². The highest BCUT2D eigenvalue weighted by molar-refractivity contribution is 7.99. The van der Waals surface area contributed by atoms with Crippen molar-refractivity contribution in [3.63, 3.8) is 0 Å². The Labute approximate surface area is 200 Å². The summed E-state index contributed by atoms with van der Waals surface area (Å²) < 4.78 is 2.01. The van der Waals surface area contributed by atoms with Crippen LogP contribution in [0.2, 0.25) is 5.02 Å². The van der Waals surface area contributed by atoms with Gasteiger partial charge in [0.2, 0.25) is 5.91 Å². The number of para-hydroxylation sites is 1. The molecule has 8 heteroatoms. The molecule has 0 unspecified atom stereocenters. The van der Waals surface area contributed by atoms with Crippen LogP contribution in [0, 0.1) is 6.92 Å². The number of nitrogens with one attached hydrogen (secondary N) is 1. The third kappa shape index (κ3) is 5.73. The summed E-state index contributed by atoms with van der Waals surface area (Å²) in [6, 6.07) is 25.6. The molecule has 1 amide bonds. The van der Waals surface area contributed by atoms with Gasteiger partial charge in [-0.2, -0.15) is 0 Å². The number of amides is 1. The first-order valence-corrected chi connectivity index (χ1v) is 12.3. The van der Waals surface area contributed by atoms with Gasteiger partial charge in [-0.3, -0.25) is 9.36 Å². The van der Waals surface area contributed by atoms with Gasteiger partial charge in [0.15, 0.2) is 5.16 Å². The summed E-state index contributed by atoms with van der Waals surface area (Å²) in [6.07, 6.45) is 0. The normalized spacial score (nSPS) is 10.8. The third-order valence-electron chi connectivity index (χ3n) is 4.63. The maximum Gasteiger partial charge on any atom is 0.234 e. The first-order valence-electron chi connectivity index (χ1n) is 9.96. The highest BCUT2D eigenvalue weighted by Crippen LogP contribution is 2.27. The maximum absolute atomic E-state index is 12.6. The molecule has 0 saturated carbocycles. The maximum atomic E-state index is 12.6. The van der Waals surface area contributed by atoms with Crippen LogP contribution in [0.15, 0.2) is 88.9 Å².